The lowest BCUT2D eigenvalue weighted by Gasteiger charge is -2.12. The molecular formula is C29H25F2N5O4. The second kappa shape index (κ2) is 11.1. The van der Waals surface area contributed by atoms with Crippen LogP contribution in [0.4, 0.5) is 14.6 Å². The van der Waals surface area contributed by atoms with E-state index >= 15 is 4.39 Å². The maximum Gasteiger partial charge on any atom is 0.200 e. The summed E-state index contributed by atoms with van der Waals surface area (Å²) >= 11 is 0. The maximum absolute atomic E-state index is 15.1. The van der Waals surface area contributed by atoms with Crippen molar-refractivity contribution in [2.45, 2.75) is 19.4 Å². The molecule has 204 valence electrons. The number of nitrogens with zero attached hydrogens (tertiary/aromatic N) is 3. The first kappa shape index (κ1) is 26.7. The van der Waals surface area contributed by atoms with E-state index in [-0.39, 0.29) is 41.7 Å². The second-order valence-electron chi connectivity index (χ2n) is 9.39. The Kier molecular flexibility index (Phi) is 7.39. The summed E-state index contributed by atoms with van der Waals surface area (Å²) in [6, 6.07) is 10.8. The number of ether oxygens (including phenoxy) is 1. The highest BCUT2D eigenvalue weighted by molar-refractivity contribution is 5.98. The van der Waals surface area contributed by atoms with Crippen molar-refractivity contribution in [3.05, 3.63) is 100 Å². The van der Waals surface area contributed by atoms with Crippen LogP contribution in [0.3, 0.4) is 0 Å². The quantitative estimate of drug-likeness (QED) is 0.231. The molecule has 11 heteroatoms. The Hall–Kier alpha value is -4.90. The molecule has 40 heavy (non-hydrogen) atoms. The summed E-state index contributed by atoms with van der Waals surface area (Å²) in [5, 5.41) is 19.8. The minimum absolute atomic E-state index is 0.0543. The summed E-state index contributed by atoms with van der Waals surface area (Å²) in [7, 11) is 1.68. The monoisotopic (exact) mass is 545 g/mol. The number of aromatic amines is 1. The van der Waals surface area contributed by atoms with Gasteiger partial charge in [0.15, 0.2) is 34.2 Å². The molecule has 0 saturated heterocycles. The van der Waals surface area contributed by atoms with Crippen LogP contribution in [0.1, 0.15) is 22.8 Å². The predicted molar refractivity (Wildman–Crippen MR) is 146 cm³/mol. The normalized spacial score (nSPS) is 11.9. The van der Waals surface area contributed by atoms with Crippen molar-refractivity contribution >= 4 is 22.6 Å². The number of ketones is 1. The molecule has 5 aromatic rings. The highest BCUT2D eigenvalue weighted by Crippen LogP contribution is 2.34. The summed E-state index contributed by atoms with van der Waals surface area (Å²) in [6.45, 7) is 1.65. The van der Waals surface area contributed by atoms with Gasteiger partial charge in [0.25, 0.3) is 0 Å². The number of aromatic nitrogens is 4. The number of carbonyl (C=O) groups excluding carboxylic acids is 1. The summed E-state index contributed by atoms with van der Waals surface area (Å²) in [6.07, 6.45) is 4.27. The van der Waals surface area contributed by atoms with Gasteiger partial charge < -0.3 is 19.7 Å². The number of aliphatic hydroxyl groups is 1. The molecule has 0 spiro atoms. The Morgan fingerprint density at radius 1 is 1.12 bits per heavy atom. The average molecular weight is 546 g/mol. The van der Waals surface area contributed by atoms with Crippen LogP contribution in [0, 0.1) is 11.6 Å². The van der Waals surface area contributed by atoms with Crippen molar-refractivity contribution in [1.82, 2.24) is 19.7 Å². The minimum atomic E-state index is -0.704. The number of Topliss-reactive ketones (excluding diaryl/α,β-unsaturated/α-hetero) is 1. The maximum atomic E-state index is 15.1. The number of H-pyrrole nitrogens is 1. The zero-order chi connectivity index (χ0) is 28.4. The number of hydrogen-bond acceptors (Lipinski definition) is 7. The van der Waals surface area contributed by atoms with E-state index < -0.39 is 22.8 Å². The first-order valence-corrected chi connectivity index (χ1v) is 12.4. The Balaban J connectivity index is 1.38. The van der Waals surface area contributed by atoms with E-state index in [2.05, 4.69) is 20.5 Å². The molecule has 3 N–H and O–H groups in total. The summed E-state index contributed by atoms with van der Waals surface area (Å²) in [5.41, 5.74) is 0.964. The molecule has 0 radical (unpaired) electrons. The number of anilines is 1. The van der Waals surface area contributed by atoms with Gasteiger partial charge in [-0.15, -0.1) is 0 Å². The van der Waals surface area contributed by atoms with E-state index in [1.807, 2.05) is 0 Å². The second-order valence-corrected chi connectivity index (χ2v) is 9.39. The van der Waals surface area contributed by atoms with Crippen molar-refractivity contribution in [1.29, 1.82) is 0 Å². The van der Waals surface area contributed by atoms with Crippen LogP contribution >= 0.6 is 0 Å². The van der Waals surface area contributed by atoms with Gasteiger partial charge in [-0.05, 0) is 42.3 Å². The topological polar surface area (TPSA) is 122 Å². The molecule has 0 fully saturated rings. The molecule has 3 aromatic heterocycles. The van der Waals surface area contributed by atoms with Gasteiger partial charge in [-0.1, -0.05) is 18.2 Å². The fraction of sp³-hybridized carbons (Fsp3) is 0.172. The summed E-state index contributed by atoms with van der Waals surface area (Å²) in [5.74, 6) is -1.03. The van der Waals surface area contributed by atoms with Crippen LogP contribution in [-0.2, 0) is 13.5 Å². The predicted octanol–water partition coefficient (Wildman–Crippen LogP) is 4.61. The molecule has 0 aliphatic rings. The number of pyridine rings is 2. The van der Waals surface area contributed by atoms with Crippen molar-refractivity contribution in [2.75, 3.05) is 11.9 Å². The first-order chi connectivity index (χ1) is 19.2. The van der Waals surface area contributed by atoms with Gasteiger partial charge in [0, 0.05) is 49.7 Å². The van der Waals surface area contributed by atoms with Gasteiger partial charge in [0.05, 0.1) is 12.2 Å². The molecule has 0 aliphatic heterocycles. The highest BCUT2D eigenvalue weighted by atomic mass is 19.1. The zero-order valence-electron chi connectivity index (χ0n) is 21.6. The lowest BCUT2D eigenvalue weighted by Crippen LogP contribution is -2.20. The average Bonchev–Trinajstić information content (AvgIpc) is 3.35. The number of hydrogen-bond donors (Lipinski definition) is 3. The minimum Gasteiger partial charge on any atom is -0.453 e. The number of carbonyl (C=O) groups is 1. The summed E-state index contributed by atoms with van der Waals surface area (Å²) in [4.78, 5) is 30.4. The molecule has 5 rings (SSSR count). The van der Waals surface area contributed by atoms with Gasteiger partial charge in [0.2, 0.25) is 0 Å². The SMILES string of the molecule is C[C@H](CO)Nc1n[nH]c2nccc(Oc3ccc(CC(=O)c4cn(C)cc(-c5ccc(F)cc5)c4=O)cc3F)c12. The van der Waals surface area contributed by atoms with E-state index in [1.165, 1.54) is 48.8 Å². The third-order valence-corrected chi connectivity index (χ3v) is 6.27. The third-order valence-electron chi connectivity index (χ3n) is 6.27. The zero-order valence-corrected chi connectivity index (χ0v) is 21.6. The Labute approximate surface area is 227 Å². The number of fused-ring (bicyclic) bond motifs is 1. The van der Waals surface area contributed by atoms with Gasteiger partial charge in [-0.3, -0.25) is 14.7 Å². The fourth-order valence-electron chi connectivity index (χ4n) is 4.27. The number of benzene rings is 2. The first-order valence-electron chi connectivity index (χ1n) is 12.4. The van der Waals surface area contributed by atoms with Crippen molar-refractivity contribution in [3.8, 4) is 22.6 Å². The largest absolute Gasteiger partial charge is 0.453 e. The van der Waals surface area contributed by atoms with E-state index in [1.54, 1.807) is 36.9 Å². The van der Waals surface area contributed by atoms with Gasteiger partial charge in [-0.25, -0.2) is 13.8 Å². The van der Waals surface area contributed by atoms with Gasteiger partial charge in [-0.2, -0.15) is 5.10 Å². The molecule has 2 aromatic carbocycles. The Bertz CT molecular complexity index is 1770. The fourth-order valence-corrected chi connectivity index (χ4v) is 4.27. The summed E-state index contributed by atoms with van der Waals surface area (Å²) < 4.78 is 35.9. The van der Waals surface area contributed by atoms with Crippen LogP contribution in [-0.4, -0.2) is 43.3 Å². The van der Waals surface area contributed by atoms with Gasteiger partial charge >= 0.3 is 0 Å². The number of halogens is 2. The van der Waals surface area contributed by atoms with Crippen molar-refractivity contribution in [3.63, 3.8) is 0 Å². The number of rotatable bonds is 9. The van der Waals surface area contributed by atoms with Crippen molar-refractivity contribution in [2.24, 2.45) is 7.05 Å². The number of aliphatic hydroxyl groups excluding tert-OH is 1. The Morgan fingerprint density at radius 3 is 2.62 bits per heavy atom. The van der Waals surface area contributed by atoms with E-state index in [0.29, 0.717) is 28.0 Å². The molecule has 0 aliphatic carbocycles. The van der Waals surface area contributed by atoms with Gasteiger partial charge in [0.1, 0.15) is 17.0 Å². The molecule has 0 amide bonds. The third kappa shape index (κ3) is 5.45. The standard InChI is InChI=1S/C29H25F2N5O4/c1-16(15-37)33-29-26-25(9-10-32-28(26)34-35-29)40-24-8-3-17(11-22(24)31)12-23(38)21-14-36(2)13-20(27(21)39)18-4-6-19(30)7-5-18/h3-11,13-14,16,37H,12,15H2,1-2H3,(H2,32,33,34,35)/t16-/m1/s1. The molecule has 9 nitrogen and oxygen atoms in total. The van der Waals surface area contributed by atoms with E-state index in [0.717, 1.165) is 0 Å². The van der Waals surface area contributed by atoms with Crippen LogP contribution in [0.25, 0.3) is 22.2 Å². The van der Waals surface area contributed by atoms with E-state index in [4.69, 9.17) is 4.74 Å². The molecule has 0 unspecified atom stereocenters. The lowest BCUT2D eigenvalue weighted by atomic mass is 9.99. The smallest absolute Gasteiger partial charge is 0.200 e. The number of nitrogens with one attached hydrogen (secondary N) is 2. The van der Waals surface area contributed by atoms with Crippen LogP contribution in [0.2, 0.25) is 0 Å². The lowest BCUT2D eigenvalue weighted by molar-refractivity contribution is 0.0991. The van der Waals surface area contributed by atoms with E-state index in [9.17, 15) is 19.1 Å². The van der Waals surface area contributed by atoms with Crippen LogP contribution < -0.4 is 15.5 Å². The highest BCUT2D eigenvalue weighted by Gasteiger charge is 2.19. The molecular weight excluding hydrogens is 520 g/mol. The molecule has 0 bridgehead atoms. The number of aryl methyl sites for hydroxylation is 1. The van der Waals surface area contributed by atoms with Crippen LogP contribution in [0.15, 0.2) is 71.9 Å². The van der Waals surface area contributed by atoms with Crippen LogP contribution in [0.5, 0.6) is 11.5 Å². The molecule has 1 atom stereocenters. The molecule has 3 heterocycles. The van der Waals surface area contributed by atoms with Crippen molar-refractivity contribution < 1.29 is 23.4 Å². The Morgan fingerprint density at radius 2 is 1.90 bits per heavy atom. The molecule has 0 saturated carbocycles.